The van der Waals surface area contributed by atoms with E-state index in [4.69, 9.17) is 4.74 Å². The average molecular weight is 428 g/mol. The number of unbranched alkanes of at least 4 members (excludes halogenated alkanes) is 2. The van der Waals surface area contributed by atoms with E-state index < -0.39 is 10.0 Å². The predicted molar refractivity (Wildman–Crippen MR) is 120 cm³/mol. The first-order valence-corrected chi connectivity index (χ1v) is 13.1. The Balaban J connectivity index is 1.44. The number of hydrogen-bond acceptors (Lipinski definition) is 3. The zero-order valence-electron chi connectivity index (χ0n) is 17.9. The fourth-order valence-electron chi connectivity index (χ4n) is 6.71. The Bertz CT molecular complexity index is 995. The SMILES string of the molecule is CCCCCOc1ccc(S(=O)(=O)NC23CC4CC(CC(C4)C2)C3)c2ccccc12. The standard InChI is InChI=1S/C25H33NO3S/c1-2-3-6-11-29-23-9-10-24(22-8-5-4-7-21(22)23)30(27,28)26-25-15-18-12-19(16-25)14-20(13-18)17-25/h4-5,7-10,18-20,26H,2-3,6,11-17H2,1H3. The average Bonchev–Trinajstić information content (AvgIpc) is 2.69. The summed E-state index contributed by atoms with van der Waals surface area (Å²) in [6.07, 6.45) is 10.2. The van der Waals surface area contributed by atoms with E-state index in [1.54, 1.807) is 6.07 Å². The minimum Gasteiger partial charge on any atom is -0.493 e. The summed E-state index contributed by atoms with van der Waals surface area (Å²) >= 11 is 0. The van der Waals surface area contributed by atoms with Crippen LogP contribution in [0, 0.1) is 17.8 Å². The third-order valence-corrected chi connectivity index (χ3v) is 9.16. The van der Waals surface area contributed by atoms with Crippen LogP contribution in [0.3, 0.4) is 0 Å². The molecule has 2 aromatic carbocycles. The van der Waals surface area contributed by atoms with Crippen LogP contribution in [0.15, 0.2) is 41.3 Å². The molecule has 0 radical (unpaired) electrons. The molecule has 4 saturated carbocycles. The third kappa shape index (κ3) is 3.75. The molecule has 0 heterocycles. The van der Waals surface area contributed by atoms with Gasteiger partial charge in [0, 0.05) is 16.3 Å². The number of fused-ring (bicyclic) bond motifs is 1. The van der Waals surface area contributed by atoms with Crippen molar-refractivity contribution in [2.45, 2.75) is 75.1 Å². The highest BCUT2D eigenvalue weighted by Crippen LogP contribution is 2.56. The molecule has 0 unspecified atom stereocenters. The lowest BCUT2D eigenvalue weighted by Crippen LogP contribution is -2.59. The van der Waals surface area contributed by atoms with Crippen molar-refractivity contribution in [3.63, 3.8) is 0 Å². The lowest BCUT2D eigenvalue weighted by molar-refractivity contribution is -0.00809. The van der Waals surface area contributed by atoms with Crippen LogP contribution in [0.1, 0.15) is 64.7 Å². The predicted octanol–water partition coefficient (Wildman–Crippen LogP) is 5.66. The summed E-state index contributed by atoms with van der Waals surface area (Å²) < 4.78 is 36.4. The van der Waals surface area contributed by atoms with Gasteiger partial charge in [0.2, 0.25) is 10.0 Å². The van der Waals surface area contributed by atoms with Crippen molar-refractivity contribution in [3.05, 3.63) is 36.4 Å². The Labute approximate surface area is 180 Å². The first kappa shape index (κ1) is 20.3. The van der Waals surface area contributed by atoms with E-state index in [0.717, 1.165) is 55.0 Å². The van der Waals surface area contributed by atoms with Crippen molar-refractivity contribution in [2.75, 3.05) is 6.61 Å². The molecule has 4 fully saturated rings. The first-order valence-electron chi connectivity index (χ1n) is 11.7. The van der Waals surface area contributed by atoms with Crippen LogP contribution in [0.2, 0.25) is 0 Å². The van der Waals surface area contributed by atoms with Gasteiger partial charge in [-0.25, -0.2) is 13.1 Å². The quantitative estimate of drug-likeness (QED) is 0.553. The molecular weight excluding hydrogens is 394 g/mol. The highest BCUT2D eigenvalue weighted by molar-refractivity contribution is 7.89. The molecule has 0 atom stereocenters. The fourth-order valence-corrected chi connectivity index (χ4v) is 8.36. The number of nitrogens with one attached hydrogen (secondary N) is 1. The van der Waals surface area contributed by atoms with Crippen molar-refractivity contribution in [2.24, 2.45) is 17.8 Å². The molecule has 4 aliphatic rings. The lowest BCUT2D eigenvalue weighted by atomic mass is 9.53. The van der Waals surface area contributed by atoms with E-state index in [0.29, 0.717) is 29.3 Å². The fraction of sp³-hybridized carbons (Fsp3) is 0.600. The molecule has 0 saturated heterocycles. The summed E-state index contributed by atoms with van der Waals surface area (Å²) in [4.78, 5) is 0.384. The molecule has 2 aromatic rings. The molecule has 0 spiro atoms. The van der Waals surface area contributed by atoms with Gasteiger partial charge in [-0.3, -0.25) is 0 Å². The van der Waals surface area contributed by atoms with Gasteiger partial charge in [0.25, 0.3) is 0 Å². The minimum absolute atomic E-state index is 0.232. The first-order chi connectivity index (χ1) is 14.5. The van der Waals surface area contributed by atoms with Gasteiger partial charge in [0.05, 0.1) is 11.5 Å². The van der Waals surface area contributed by atoms with Crippen molar-refractivity contribution in [1.29, 1.82) is 0 Å². The number of sulfonamides is 1. The van der Waals surface area contributed by atoms with Crippen LogP contribution in [0.5, 0.6) is 5.75 Å². The van der Waals surface area contributed by atoms with Crippen LogP contribution in [0.25, 0.3) is 10.8 Å². The third-order valence-electron chi connectivity index (χ3n) is 7.53. The number of ether oxygens (including phenoxy) is 1. The lowest BCUT2D eigenvalue weighted by Gasteiger charge is -2.56. The largest absolute Gasteiger partial charge is 0.493 e. The zero-order chi connectivity index (χ0) is 20.8. The van der Waals surface area contributed by atoms with Crippen molar-refractivity contribution < 1.29 is 13.2 Å². The molecule has 0 amide bonds. The summed E-state index contributed by atoms with van der Waals surface area (Å²) in [5.74, 6) is 2.88. The zero-order valence-corrected chi connectivity index (χ0v) is 18.7. The van der Waals surface area contributed by atoms with Gasteiger partial charge >= 0.3 is 0 Å². The van der Waals surface area contributed by atoms with Crippen LogP contribution in [-0.2, 0) is 10.0 Å². The molecule has 5 heteroatoms. The summed E-state index contributed by atoms with van der Waals surface area (Å²) in [5, 5.41) is 1.63. The van der Waals surface area contributed by atoms with Gasteiger partial charge in [0.1, 0.15) is 5.75 Å². The van der Waals surface area contributed by atoms with E-state index in [1.165, 1.54) is 19.3 Å². The van der Waals surface area contributed by atoms with Crippen molar-refractivity contribution >= 4 is 20.8 Å². The topological polar surface area (TPSA) is 55.4 Å². The highest BCUT2D eigenvalue weighted by atomic mass is 32.2. The van der Waals surface area contributed by atoms with Crippen molar-refractivity contribution in [3.8, 4) is 5.75 Å². The van der Waals surface area contributed by atoms with E-state index >= 15 is 0 Å². The second kappa shape index (κ2) is 7.83. The van der Waals surface area contributed by atoms with E-state index in [2.05, 4.69) is 11.6 Å². The van der Waals surface area contributed by atoms with Gasteiger partial charge in [-0.1, -0.05) is 44.0 Å². The molecule has 0 aliphatic heterocycles. The molecule has 162 valence electrons. The molecule has 4 nitrogen and oxygen atoms in total. The minimum atomic E-state index is -3.60. The molecule has 0 aromatic heterocycles. The van der Waals surface area contributed by atoms with Crippen LogP contribution < -0.4 is 9.46 Å². The number of hydrogen-bond donors (Lipinski definition) is 1. The summed E-state index contributed by atoms with van der Waals surface area (Å²) in [6.45, 7) is 2.83. The molecule has 1 N–H and O–H groups in total. The maximum atomic E-state index is 13.6. The van der Waals surface area contributed by atoms with Gasteiger partial charge in [-0.15, -0.1) is 0 Å². The molecule has 30 heavy (non-hydrogen) atoms. The molecule has 4 bridgehead atoms. The maximum Gasteiger partial charge on any atom is 0.241 e. The van der Waals surface area contributed by atoms with Gasteiger partial charge in [-0.2, -0.15) is 0 Å². The van der Waals surface area contributed by atoms with Crippen LogP contribution in [-0.4, -0.2) is 20.6 Å². The Morgan fingerprint density at radius 1 is 0.933 bits per heavy atom. The highest BCUT2D eigenvalue weighted by Gasteiger charge is 2.52. The second-order valence-electron chi connectivity index (χ2n) is 9.97. The van der Waals surface area contributed by atoms with Crippen LogP contribution >= 0.6 is 0 Å². The van der Waals surface area contributed by atoms with Crippen LogP contribution in [0.4, 0.5) is 0 Å². The monoisotopic (exact) mass is 427 g/mol. The Morgan fingerprint density at radius 2 is 1.57 bits per heavy atom. The Hall–Kier alpha value is -1.59. The normalized spacial score (nSPS) is 30.1. The number of benzene rings is 2. The van der Waals surface area contributed by atoms with Gasteiger partial charge in [-0.05, 0) is 74.8 Å². The van der Waals surface area contributed by atoms with E-state index in [1.807, 2.05) is 30.3 Å². The Kier molecular flexibility index (Phi) is 5.30. The smallest absolute Gasteiger partial charge is 0.241 e. The molecule has 6 rings (SSSR count). The maximum absolute atomic E-state index is 13.6. The summed E-state index contributed by atoms with van der Waals surface area (Å²) in [6, 6.07) is 11.3. The van der Waals surface area contributed by atoms with E-state index in [9.17, 15) is 8.42 Å². The van der Waals surface area contributed by atoms with Gasteiger partial charge < -0.3 is 4.74 Å². The molecular formula is C25H33NO3S. The van der Waals surface area contributed by atoms with Gasteiger partial charge in [0.15, 0.2) is 0 Å². The Morgan fingerprint density at radius 3 is 2.20 bits per heavy atom. The summed E-state index contributed by atoms with van der Waals surface area (Å²) in [5.41, 5.74) is -0.232. The van der Waals surface area contributed by atoms with Crippen molar-refractivity contribution in [1.82, 2.24) is 4.72 Å². The summed E-state index contributed by atoms with van der Waals surface area (Å²) in [7, 11) is -3.60. The number of rotatable bonds is 8. The molecule has 4 aliphatic carbocycles. The van der Waals surface area contributed by atoms with E-state index in [-0.39, 0.29) is 5.54 Å². The second-order valence-corrected chi connectivity index (χ2v) is 11.6.